The van der Waals surface area contributed by atoms with E-state index < -0.39 is 12.1 Å². The third-order valence-electron chi connectivity index (χ3n) is 7.16. The molecule has 2 unspecified atom stereocenters. The maximum atomic E-state index is 13.8. The molecule has 0 aliphatic carbocycles. The van der Waals surface area contributed by atoms with Crippen molar-refractivity contribution in [2.24, 2.45) is 5.73 Å². The molecular weight excluding hydrogens is 512 g/mol. The first-order valence-corrected chi connectivity index (χ1v) is 13.6. The normalized spacial score (nSPS) is 17.1. The molecule has 2 heterocycles. The van der Waals surface area contributed by atoms with Gasteiger partial charge >= 0.3 is 0 Å². The number of aromatic amines is 1. The number of piperazine rings is 1. The fourth-order valence-electron chi connectivity index (χ4n) is 5.09. The van der Waals surface area contributed by atoms with Crippen LogP contribution in [0.15, 0.2) is 79.3 Å². The van der Waals surface area contributed by atoms with E-state index in [1.807, 2.05) is 29.2 Å². The molecule has 1 aromatic heterocycles. The molecule has 2 amide bonds. The number of H-pyrrole nitrogens is 1. The Kier molecular flexibility index (Phi) is 8.56. The Morgan fingerprint density at radius 1 is 1.05 bits per heavy atom. The number of nitrogens with zero attached hydrogens (tertiary/aromatic N) is 2. The fraction of sp³-hybridized carbons (Fsp3) is 0.300. The molecule has 1 aliphatic rings. The molecule has 9 heteroatoms. The molecule has 0 saturated carbocycles. The number of nitrogens with two attached hydrogens (primary N) is 1. The number of hydrogen-bond donors (Lipinski definition) is 4. The van der Waals surface area contributed by atoms with Gasteiger partial charge in [-0.05, 0) is 40.5 Å². The van der Waals surface area contributed by atoms with E-state index in [-0.39, 0.29) is 17.9 Å². The molecule has 5 rings (SSSR count). The summed E-state index contributed by atoms with van der Waals surface area (Å²) in [5.41, 5.74) is 9.07. The van der Waals surface area contributed by atoms with Gasteiger partial charge in [-0.2, -0.15) is 0 Å². The summed E-state index contributed by atoms with van der Waals surface area (Å²) in [5.74, 6) is -0.489. The van der Waals surface area contributed by atoms with E-state index in [4.69, 9.17) is 17.3 Å². The van der Waals surface area contributed by atoms with Gasteiger partial charge in [0.2, 0.25) is 11.8 Å². The number of imidazole rings is 1. The van der Waals surface area contributed by atoms with E-state index >= 15 is 0 Å². The predicted molar refractivity (Wildman–Crippen MR) is 153 cm³/mol. The van der Waals surface area contributed by atoms with Crippen molar-refractivity contribution in [1.82, 2.24) is 25.5 Å². The number of halogens is 1. The Labute approximate surface area is 232 Å². The highest BCUT2D eigenvalue weighted by molar-refractivity contribution is 6.30. The van der Waals surface area contributed by atoms with Crippen molar-refractivity contribution >= 4 is 34.2 Å². The molecule has 3 aromatic carbocycles. The number of rotatable bonds is 9. The average molecular weight is 545 g/mol. The average Bonchev–Trinajstić information content (AvgIpc) is 3.46. The predicted octanol–water partition coefficient (Wildman–Crippen LogP) is 2.86. The van der Waals surface area contributed by atoms with Crippen molar-refractivity contribution in [2.45, 2.75) is 37.4 Å². The lowest BCUT2D eigenvalue weighted by Crippen LogP contribution is -2.59. The summed E-state index contributed by atoms with van der Waals surface area (Å²) in [4.78, 5) is 35.7. The molecule has 3 atom stereocenters. The Hall–Kier alpha value is -3.72. The van der Waals surface area contributed by atoms with Gasteiger partial charge in [0.05, 0.1) is 12.4 Å². The first-order chi connectivity index (χ1) is 18.9. The maximum Gasteiger partial charge on any atom is 0.245 e. The molecule has 202 valence electrons. The monoisotopic (exact) mass is 544 g/mol. The standard InChI is InChI=1S/C30H33ClN6O2/c31-24-9-6-20(7-10-24)15-28(36-29(38)27(32)16-25-17-33-19-35-25)30(39)37-12-11-34-26(18-37)14-21-5-8-22-3-1-2-4-23(22)13-21/h1-10,13,17,19,26-28,34H,11-12,14-16,18,32H2,(H,33,35)(H,36,38)/t26?,27?,28-/m1/s1. The second kappa shape index (κ2) is 12.4. The Morgan fingerprint density at radius 3 is 2.59 bits per heavy atom. The number of fused-ring (bicyclic) bond motifs is 1. The molecule has 0 spiro atoms. The molecule has 1 saturated heterocycles. The molecule has 5 N–H and O–H groups in total. The van der Waals surface area contributed by atoms with Crippen LogP contribution >= 0.6 is 11.6 Å². The molecule has 1 aliphatic heterocycles. The minimum Gasteiger partial charge on any atom is -0.348 e. The number of nitrogens with one attached hydrogen (secondary N) is 3. The lowest BCUT2D eigenvalue weighted by Gasteiger charge is -2.36. The highest BCUT2D eigenvalue weighted by Crippen LogP contribution is 2.18. The number of carbonyl (C=O) groups excluding carboxylic acids is 2. The van der Waals surface area contributed by atoms with Crippen LogP contribution in [0.3, 0.4) is 0 Å². The maximum absolute atomic E-state index is 13.8. The lowest BCUT2D eigenvalue weighted by atomic mass is 9.99. The summed E-state index contributed by atoms with van der Waals surface area (Å²) in [6, 6.07) is 20.7. The summed E-state index contributed by atoms with van der Waals surface area (Å²) in [7, 11) is 0. The van der Waals surface area contributed by atoms with Crippen LogP contribution in [-0.2, 0) is 28.9 Å². The molecule has 1 fully saturated rings. The minimum atomic E-state index is -0.811. The van der Waals surface area contributed by atoms with Crippen LogP contribution < -0.4 is 16.4 Å². The highest BCUT2D eigenvalue weighted by atomic mass is 35.5. The van der Waals surface area contributed by atoms with E-state index in [1.165, 1.54) is 16.3 Å². The van der Waals surface area contributed by atoms with Crippen molar-refractivity contribution < 1.29 is 9.59 Å². The van der Waals surface area contributed by atoms with Crippen LogP contribution in [0.2, 0.25) is 5.02 Å². The third-order valence-corrected chi connectivity index (χ3v) is 7.41. The second-order valence-electron chi connectivity index (χ2n) is 10.1. The largest absolute Gasteiger partial charge is 0.348 e. The van der Waals surface area contributed by atoms with E-state index in [0.29, 0.717) is 37.5 Å². The van der Waals surface area contributed by atoms with Crippen LogP contribution in [0.1, 0.15) is 16.8 Å². The SMILES string of the molecule is NC(Cc1cnc[nH]1)C(=O)N[C@H](Cc1ccc(Cl)cc1)C(=O)N1CCNC(Cc2ccc3ccccc3c2)C1. The summed E-state index contributed by atoms with van der Waals surface area (Å²) in [6.45, 7) is 1.81. The summed E-state index contributed by atoms with van der Waals surface area (Å²) < 4.78 is 0. The van der Waals surface area contributed by atoms with E-state index in [9.17, 15) is 9.59 Å². The molecular formula is C30H33ClN6O2. The van der Waals surface area contributed by atoms with E-state index in [1.54, 1.807) is 24.7 Å². The van der Waals surface area contributed by atoms with Gasteiger partial charge in [0, 0.05) is 55.4 Å². The van der Waals surface area contributed by atoms with E-state index in [2.05, 4.69) is 50.9 Å². The molecule has 0 radical (unpaired) electrons. The van der Waals surface area contributed by atoms with Crippen LogP contribution in [0.4, 0.5) is 0 Å². The van der Waals surface area contributed by atoms with Crippen LogP contribution in [0.25, 0.3) is 10.8 Å². The first-order valence-electron chi connectivity index (χ1n) is 13.2. The van der Waals surface area contributed by atoms with Gasteiger partial charge in [0.15, 0.2) is 0 Å². The zero-order valence-electron chi connectivity index (χ0n) is 21.6. The Bertz CT molecular complexity index is 1410. The van der Waals surface area contributed by atoms with Crippen molar-refractivity contribution in [1.29, 1.82) is 0 Å². The zero-order valence-corrected chi connectivity index (χ0v) is 22.4. The van der Waals surface area contributed by atoms with Crippen molar-refractivity contribution in [2.75, 3.05) is 19.6 Å². The topological polar surface area (TPSA) is 116 Å². The van der Waals surface area contributed by atoms with Gasteiger partial charge in [-0.3, -0.25) is 9.59 Å². The number of benzene rings is 3. The second-order valence-corrected chi connectivity index (χ2v) is 10.5. The van der Waals surface area contributed by atoms with Gasteiger partial charge < -0.3 is 26.3 Å². The lowest BCUT2D eigenvalue weighted by molar-refractivity contribution is -0.137. The first kappa shape index (κ1) is 26.9. The van der Waals surface area contributed by atoms with Crippen molar-refractivity contribution in [3.8, 4) is 0 Å². The molecule has 0 bridgehead atoms. The Morgan fingerprint density at radius 2 is 1.82 bits per heavy atom. The van der Waals surface area contributed by atoms with Crippen LogP contribution in [-0.4, -0.2) is 64.4 Å². The van der Waals surface area contributed by atoms with Gasteiger partial charge in [-0.15, -0.1) is 0 Å². The third kappa shape index (κ3) is 7.03. The van der Waals surface area contributed by atoms with Gasteiger partial charge in [0.25, 0.3) is 0 Å². The zero-order chi connectivity index (χ0) is 27.2. The van der Waals surface area contributed by atoms with Gasteiger partial charge in [0.1, 0.15) is 6.04 Å². The number of hydrogen-bond acceptors (Lipinski definition) is 5. The summed E-state index contributed by atoms with van der Waals surface area (Å²) >= 11 is 6.06. The van der Waals surface area contributed by atoms with Gasteiger partial charge in [-0.1, -0.05) is 66.2 Å². The molecule has 39 heavy (non-hydrogen) atoms. The number of amides is 2. The fourth-order valence-corrected chi connectivity index (χ4v) is 5.22. The van der Waals surface area contributed by atoms with Crippen molar-refractivity contribution in [3.05, 3.63) is 101 Å². The number of carbonyl (C=O) groups is 2. The van der Waals surface area contributed by atoms with E-state index in [0.717, 1.165) is 17.7 Å². The van der Waals surface area contributed by atoms with Crippen molar-refractivity contribution in [3.63, 3.8) is 0 Å². The summed E-state index contributed by atoms with van der Waals surface area (Å²) in [6.07, 6.45) is 4.64. The minimum absolute atomic E-state index is 0.110. The van der Waals surface area contributed by atoms with Crippen LogP contribution in [0.5, 0.6) is 0 Å². The summed E-state index contributed by atoms with van der Waals surface area (Å²) in [5, 5.41) is 9.52. The highest BCUT2D eigenvalue weighted by Gasteiger charge is 2.31. The van der Waals surface area contributed by atoms with Gasteiger partial charge in [-0.25, -0.2) is 4.98 Å². The molecule has 8 nitrogen and oxygen atoms in total. The van der Waals surface area contributed by atoms with Crippen LogP contribution in [0, 0.1) is 0 Å². The molecule has 4 aromatic rings. The smallest absolute Gasteiger partial charge is 0.245 e. The number of aromatic nitrogens is 2. The quantitative estimate of drug-likeness (QED) is 0.258. The Balaban J connectivity index is 1.28.